The number of amides is 5. The van der Waals surface area contributed by atoms with Gasteiger partial charge in [0.1, 0.15) is 12.6 Å². The first-order valence-corrected chi connectivity index (χ1v) is 12.9. The molecule has 0 unspecified atom stereocenters. The van der Waals surface area contributed by atoms with E-state index in [1.807, 2.05) is 34.6 Å². The van der Waals surface area contributed by atoms with Crippen molar-refractivity contribution in [3.8, 4) is 0 Å². The molecule has 0 heterocycles. The van der Waals surface area contributed by atoms with Gasteiger partial charge in [0.2, 0.25) is 11.8 Å². The Bertz CT molecular complexity index is 862. The Hall–Kier alpha value is -3.34. The number of rotatable bonds is 16. The van der Waals surface area contributed by atoms with E-state index in [2.05, 4.69) is 21.3 Å². The van der Waals surface area contributed by atoms with Gasteiger partial charge in [-0.05, 0) is 49.9 Å². The number of hydrogen-bond donors (Lipinski definition) is 5. The van der Waals surface area contributed by atoms with Crippen molar-refractivity contribution in [1.29, 1.82) is 0 Å². The number of nitrogens with zero attached hydrogens (tertiary/aromatic N) is 1. The van der Waals surface area contributed by atoms with Crippen LogP contribution in [0.5, 0.6) is 0 Å². The summed E-state index contributed by atoms with van der Waals surface area (Å²) in [4.78, 5) is 50.4. The van der Waals surface area contributed by atoms with Gasteiger partial charge < -0.3 is 36.6 Å². The lowest BCUT2D eigenvalue weighted by molar-refractivity contribution is -0.130. The summed E-state index contributed by atoms with van der Waals surface area (Å²) in [7, 11) is 0. The number of urea groups is 1. The monoisotopic (exact) mass is 520 g/mol. The van der Waals surface area contributed by atoms with Crippen molar-refractivity contribution < 1.29 is 23.9 Å². The van der Waals surface area contributed by atoms with E-state index in [-0.39, 0.29) is 36.4 Å². The first-order chi connectivity index (χ1) is 17.6. The quantitative estimate of drug-likeness (QED) is 0.211. The molecule has 1 aromatic carbocycles. The smallest absolute Gasteiger partial charge is 0.410 e. The van der Waals surface area contributed by atoms with Crippen LogP contribution < -0.4 is 27.0 Å². The lowest BCUT2D eigenvalue weighted by atomic mass is 9.96. The summed E-state index contributed by atoms with van der Waals surface area (Å²) >= 11 is 0. The van der Waals surface area contributed by atoms with Crippen molar-refractivity contribution in [2.75, 3.05) is 38.0 Å². The number of likely N-dealkylation sites (N-methyl/N-ethyl adjacent to an activating group) is 2. The van der Waals surface area contributed by atoms with Gasteiger partial charge in [-0.2, -0.15) is 0 Å². The molecule has 1 aromatic rings. The van der Waals surface area contributed by atoms with Crippen LogP contribution in [0.15, 0.2) is 24.3 Å². The van der Waals surface area contributed by atoms with E-state index in [0.717, 1.165) is 12.1 Å². The molecule has 0 saturated heterocycles. The zero-order valence-corrected chi connectivity index (χ0v) is 22.8. The molecule has 0 aromatic heterocycles. The van der Waals surface area contributed by atoms with Crippen LogP contribution in [0.1, 0.15) is 53.0 Å². The number of carbonyl (C=O) groups is 4. The van der Waals surface area contributed by atoms with Gasteiger partial charge in [0, 0.05) is 37.8 Å². The molecular weight excluding hydrogens is 476 g/mol. The van der Waals surface area contributed by atoms with Crippen LogP contribution in [0.2, 0.25) is 0 Å². The predicted octanol–water partition coefficient (Wildman–Crippen LogP) is 2.42. The number of benzene rings is 1. The fraction of sp³-hybridized carbons (Fsp3) is 0.615. The van der Waals surface area contributed by atoms with Crippen LogP contribution in [-0.4, -0.2) is 67.6 Å². The van der Waals surface area contributed by atoms with Crippen molar-refractivity contribution in [2.45, 2.75) is 60.1 Å². The summed E-state index contributed by atoms with van der Waals surface area (Å²) in [6.07, 6.45) is 0.418. The summed E-state index contributed by atoms with van der Waals surface area (Å²) in [6.45, 7) is 12.7. The maximum atomic E-state index is 13.0. The van der Waals surface area contributed by atoms with Crippen LogP contribution in [0.4, 0.5) is 15.3 Å². The molecule has 1 rings (SSSR count). The molecule has 0 fully saturated rings. The van der Waals surface area contributed by atoms with E-state index in [9.17, 15) is 19.2 Å². The number of nitrogens with two attached hydrogens (primary N) is 1. The minimum Gasteiger partial charge on any atom is -0.445 e. The van der Waals surface area contributed by atoms with Crippen molar-refractivity contribution in [3.63, 3.8) is 0 Å². The van der Waals surface area contributed by atoms with Crippen LogP contribution >= 0.6 is 0 Å². The Morgan fingerprint density at radius 1 is 1.00 bits per heavy atom. The zero-order valence-electron chi connectivity index (χ0n) is 22.8. The van der Waals surface area contributed by atoms with E-state index in [4.69, 9.17) is 10.5 Å². The number of primary amides is 1. The maximum Gasteiger partial charge on any atom is 0.410 e. The first-order valence-electron chi connectivity index (χ1n) is 12.9. The highest BCUT2D eigenvalue weighted by Gasteiger charge is 2.25. The molecule has 0 saturated carbocycles. The molecular formula is C26H44N6O5. The molecule has 0 radical (unpaired) electrons. The van der Waals surface area contributed by atoms with E-state index in [1.165, 1.54) is 0 Å². The molecule has 37 heavy (non-hydrogen) atoms. The van der Waals surface area contributed by atoms with Crippen LogP contribution in [-0.2, 0) is 20.9 Å². The topological polar surface area (TPSA) is 155 Å². The Kier molecular flexibility index (Phi) is 14.7. The molecule has 5 amide bonds. The van der Waals surface area contributed by atoms with Gasteiger partial charge in [0.25, 0.3) is 0 Å². The van der Waals surface area contributed by atoms with Crippen LogP contribution in [0.3, 0.4) is 0 Å². The Morgan fingerprint density at radius 2 is 1.68 bits per heavy atom. The molecule has 11 heteroatoms. The average Bonchev–Trinajstić information content (AvgIpc) is 2.86. The minimum atomic E-state index is -0.772. The normalized spacial score (nSPS) is 12.4. The number of nitrogens with one attached hydrogen (secondary N) is 4. The van der Waals surface area contributed by atoms with Crippen molar-refractivity contribution in [1.82, 2.24) is 20.9 Å². The second-order valence-electron chi connectivity index (χ2n) is 9.20. The van der Waals surface area contributed by atoms with Gasteiger partial charge in [0.05, 0.1) is 0 Å². The lowest BCUT2D eigenvalue weighted by Crippen LogP contribution is -2.46. The van der Waals surface area contributed by atoms with Crippen LogP contribution in [0, 0.1) is 11.8 Å². The third-order valence-electron chi connectivity index (χ3n) is 6.05. The van der Waals surface area contributed by atoms with Crippen molar-refractivity contribution in [3.05, 3.63) is 29.8 Å². The Morgan fingerprint density at radius 3 is 2.24 bits per heavy atom. The summed E-state index contributed by atoms with van der Waals surface area (Å²) in [5.74, 6) is -0.699. The number of carbonyl (C=O) groups excluding carboxylic acids is 4. The minimum absolute atomic E-state index is 0.114. The summed E-state index contributed by atoms with van der Waals surface area (Å²) in [6, 6.07) is 5.56. The summed E-state index contributed by atoms with van der Waals surface area (Å²) < 4.78 is 5.41. The zero-order chi connectivity index (χ0) is 27.8. The molecule has 2 atom stereocenters. The number of hydrogen-bond acceptors (Lipinski definition) is 6. The molecule has 0 aliphatic carbocycles. The third-order valence-corrected chi connectivity index (χ3v) is 6.05. The van der Waals surface area contributed by atoms with Gasteiger partial charge in [-0.3, -0.25) is 9.59 Å². The molecule has 208 valence electrons. The molecule has 0 spiro atoms. The fourth-order valence-corrected chi connectivity index (χ4v) is 3.31. The molecule has 6 N–H and O–H groups in total. The number of ether oxygens (including phenoxy) is 1. The first kappa shape index (κ1) is 31.7. The largest absolute Gasteiger partial charge is 0.445 e. The van der Waals surface area contributed by atoms with E-state index < -0.39 is 12.1 Å². The summed E-state index contributed by atoms with van der Waals surface area (Å²) in [5, 5.41) is 11.3. The van der Waals surface area contributed by atoms with Gasteiger partial charge >= 0.3 is 12.1 Å². The lowest BCUT2D eigenvalue weighted by Gasteiger charge is -2.22. The summed E-state index contributed by atoms with van der Waals surface area (Å²) in [5.41, 5.74) is 6.42. The van der Waals surface area contributed by atoms with Gasteiger partial charge in [-0.15, -0.1) is 0 Å². The average molecular weight is 521 g/mol. The van der Waals surface area contributed by atoms with E-state index >= 15 is 0 Å². The Labute approximate surface area is 220 Å². The van der Waals surface area contributed by atoms with Crippen molar-refractivity contribution >= 4 is 29.6 Å². The molecule has 11 nitrogen and oxygen atoms in total. The highest BCUT2D eigenvalue weighted by Crippen LogP contribution is 2.14. The highest BCUT2D eigenvalue weighted by atomic mass is 16.6. The van der Waals surface area contributed by atoms with E-state index in [1.54, 1.807) is 29.2 Å². The van der Waals surface area contributed by atoms with Crippen molar-refractivity contribution in [2.24, 2.45) is 17.6 Å². The SMILES string of the molecule is CCNCCN(CC)C(=O)OCc1ccc(NC(=O)[C@H](CCCNC(N)=O)NC(=O)[C@@H](C)C(C)C)cc1. The maximum absolute atomic E-state index is 13.0. The van der Waals surface area contributed by atoms with Gasteiger partial charge in [-0.1, -0.05) is 39.8 Å². The highest BCUT2D eigenvalue weighted by molar-refractivity contribution is 5.97. The fourth-order valence-electron chi connectivity index (χ4n) is 3.31. The third kappa shape index (κ3) is 12.4. The second-order valence-corrected chi connectivity index (χ2v) is 9.20. The molecule has 0 aliphatic rings. The predicted molar refractivity (Wildman–Crippen MR) is 144 cm³/mol. The van der Waals surface area contributed by atoms with Gasteiger partial charge in [-0.25, -0.2) is 9.59 Å². The van der Waals surface area contributed by atoms with Crippen LogP contribution in [0.25, 0.3) is 0 Å². The van der Waals surface area contributed by atoms with E-state index in [0.29, 0.717) is 44.7 Å². The van der Waals surface area contributed by atoms with Gasteiger partial charge in [0.15, 0.2) is 0 Å². The number of anilines is 1. The Balaban J connectivity index is 2.71. The standard InChI is InChI=1S/C26H44N6O5/c1-6-28-15-16-32(7-2)26(36)37-17-20-10-12-21(13-11-20)30-24(34)22(9-8-14-29-25(27)35)31-23(33)19(5)18(3)4/h10-13,18-19,22,28H,6-9,14-17H2,1-5H3,(H,30,34)(H,31,33)(H3,27,29,35)/t19-,22-/m0/s1. The molecule has 0 bridgehead atoms. The second kappa shape index (κ2) is 17.2. The molecule has 0 aliphatic heterocycles.